The summed E-state index contributed by atoms with van der Waals surface area (Å²) in [4.78, 5) is 5.95. The fourth-order valence-corrected chi connectivity index (χ4v) is 4.06. The highest BCUT2D eigenvalue weighted by atomic mass is 32.1. The van der Waals surface area contributed by atoms with Crippen molar-refractivity contribution in [3.05, 3.63) is 51.0 Å². The van der Waals surface area contributed by atoms with Crippen LogP contribution in [0.2, 0.25) is 0 Å². The van der Waals surface area contributed by atoms with E-state index < -0.39 is 11.6 Å². The Kier molecular flexibility index (Phi) is 4.31. The van der Waals surface area contributed by atoms with Gasteiger partial charge in [-0.3, -0.25) is 0 Å². The van der Waals surface area contributed by atoms with Crippen molar-refractivity contribution in [3.8, 4) is 0 Å². The maximum atomic E-state index is 13.7. The average Bonchev–Trinajstić information content (AvgIpc) is 2.86. The molecular weight excluding hydrogens is 290 g/mol. The van der Waals surface area contributed by atoms with Gasteiger partial charge in [-0.2, -0.15) is 0 Å². The Morgan fingerprint density at radius 1 is 1.38 bits per heavy atom. The summed E-state index contributed by atoms with van der Waals surface area (Å²) in [6.07, 6.45) is 3.70. The number of aryl methyl sites for hydroxylation is 1. The van der Waals surface area contributed by atoms with Crippen molar-refractivity contribution >= 4 is 11.3 Å². The minimum atomic E-state index is -0.540. The lowest BCUT2D eigenvalue weighted by Gasteiger charge is -2.21. The lowest BCUT2D eigenvalue weighted by atomic mass is 9.98. The third kappa shape index (κ3) is 3.14. The third-order valence-electron chi connectivity index (χ3n) is 3.80. The van der Waals surface area contributed by atoms with Crippen LogP contribution in [0, 0.1) is 11.6 Å². The van der Waals surface area contributed by atoms with Gasteiger partial charge in [0.25, 0.3) is 0 Å². The Bertz CT molecular complexity index is 639. The van der Waals surface area contributed by atoms with Crippen molar-refractivity contribution in [1.29, 1.82) is 0 Å². The minimum absolute atomic E-state index is 0.378. The smallest absolute Gasteiger partial charge is 0.129 e. The standard InChI is InChI=1S/C16H18F2N2S/c1-2-19-13-4-3-5-14-16(13)21-15(20-14)8-10-6-7-11(17)9-12(10)18/h6-7,9,13,19H,2-5,8H2,1H3. The maximum absolute atomic E-state index is 13.7. The number of benzene rings is 1. The molecule has 5 heteroatoms. The Morgan fingerprint density at radius 2 is 2.24 bits per heavy atom. The van der Waals surface area contributed by atoms with Crippen molar-refractivity contribution in [1.82, 2.24) is 10.3 Å². The van der Waals surface area contributed by atoms with Crippen molar-refractivity contribution in [2.75, 3.05) is 6.54 Å². The third-order valence-corrected chi connectivity index (χ3v) is 5.01. The van der Waals surface area contributed by atoms with Crippen LogP contribution in [0.1, 0.15) is 46.9 Å². The van der Waals surface area contributed by atoms with Crippen molar-refractivity contribution in [3.63, 3.8) is 0 Å². The molecule has 112 valence electrons. The van der Waals surface area contributed by atoms with Crippen LogP contribution in [0.3, 0.4) is 0 Å². The molecule has 3 rings (SSSR count). The molecule has 0 bridgehead atoms. The number of nitrogens with one attached hydrogen (secondary N) is 1. The zero-order valence-electron chi connectivity index (χ0n) is 12.0. The average molecular weight is 308 g/mol. The number of halogens is 2. The highest BCUT2D eigenvalue weighted by molar-refractivity contribution is 7.11. The van der Waals surface area contributed by atoms with E-state index in [1.165, 1.54) is 17.0 Å². The van der Waals surface area contributed by atoms with Crippen LogP contribution in [0.25, 0.3) is 0 Å². The molecular formula is C16H18F2N2S. The first-order valence-electron chi connectivity index (χ1n) is 7.33. The monoisotopic (exact) mass is 308 g/mol. The summed E-state index contributed by atoms with van der Waals surface area (Å²) in [7, 11) is 0. The fraction of sp³-hybridized carbons (Fsp3) is 0.438. The first kappa shape index (κ1) is 14.6. The van der Waals surface area contributed by atoms with E-state index in [0.717, 1.165) is 42.6 Å². The van der Waals surface area contributed by atoms with E-state index in [1.807, 2.05) is 0 Å². The van der Waals surface area contributed by atoms with Gasteiger partial charge in [-0.25, -0.2) is 13.8 Å². The normalized spacial score (nSPS) is 17.8. The first-order valence-corrected chi connectivity index (χ1v) is 8.14. The lowest BCUT2D eigenvalue weighted by Crippen LogP contribution is -2.23. The molecule has 0 saturated heterocycles. The van der Waals surface area contributed by atoms with E-state index in [-0.39, 0.29) is 0 Å². The highest BCUT2D eigenvalue weighted by Crippen LogP contribution is 2.35. The molecule has 0 radical (unpaired) electrons. The molecule has 0 aliphatic heterocycles. The predicted octanol–water partition coefficient (Wildman–Crippen LogP) is 4.00. The number of hydrogen-bond acceptors (Lipinski definition) is 3. The van der Waals surface area contributed by atoms with Gasteiger partial charge in [0.05, 0.1) is 10.7 Å². The van der Waals surface area contributed by atoms with Crippen LogP contribution in [-0.2, 0) is 12.8 Å². The summed E-state index contributed by atoms with van der Waals surface area (Å²) >= 11 is 1.66. The Balaban J connectivity index is 1.84. The second-order valence-corrected chi connectivity index (χ2v) is 6.45. The second-order valence-electron chi connectivity index (χ2n) is 5.33. The zero-order valence-corrected chi connectivity index (χ0v) is 12.8. The molecule has 0 saturated carbocycles. The number of rotatable bonds is 4. The summed E-state index contributed by atoms with van der Waals surface area (Å²) in [6, 6.07) is 4.12. The second kappa shape index (κ2) is 6.20. The number of nitrogens with zero attached hydrogens (tertiary/aromatic N) is 1. The van der Waals surface area contributed by atoms with Crippen LogP contribution in [0.4, 0.5) is 8.78 Å². The Morgan fingerprint density at radius 3 is 3.00 bits per heavy atom. The SMILES string of the molecule is CCNC1CCCc2nc(Cc3ccc(F)cc3F)sc21. The Hall–Kier alpha value is -1.33. The molecule has 2 nitrogen and oxygen atoms in total. The minimum Gasteiger partial charge on any atom is -0.309 e. The molecule has 0 spiro atoms. The quantitative estimate of drug-likeness (QED) is 0.923. The summed E-state index contributed by atoms with van der Waals surface area (Å²) < 4.78 is 26.7. The lowest BCUT2D eigenvalue weighted by molar-refractivity contribution is 0.476. The molecule has 1 atom stereocenters. The first-order chi connectivity index (χ1) is 10.2. The van der Waals surface area contributed by atoms with Crippen LogP contribution in [0.5, 0.6) is 0 Å². The van der Waals surface area contributed by atoms with Crippen molar-refractivity contribution < 1.29 is 8.78 Å². The van der Waals surface area contributed by atoms with Crippen molar-refractivity contribution in [2.45, 2.75) is 38.6 Å². The van der Waals surface area contributed by atoms with Gasteiger partial charge in [-0.15, -0.1) is 11.3 Å². The molecule has 1 aliphatic rings. The van der Waals surface area contributed by atoms with E-state index in [9.17, 15) is 8.78 Å². The Labute approximate surface area is 127 Å². The van der Waals surface area contributed by atoms with Crippen LogP contribution in [0.15, 0.2) is 18.2 Å². The molecule has 1 N–H and O–H groups in total. The van der Waals surface area contributed by atoms with E-state index in [4.69, 9.17) is 0 Å². The number of aromatic nitrogens is 1. The number of fused-ring (bicyclic) bond motifs is 1. The molecule has 1 aromatic carbocycles. The summed E-state index contributed by atoms with van der Waals surface area (Å²) in [6.45, 7) is 3.04. The molecule has 21 heavy (non-hydrogen) atoms. The van der Waals surface area contributed by atoms with Crippen molar-refractivity contribution in [2.24, 2.45) is 0 Å². The van der Waals surface area contributed by atoms with Gasteiger partial charge in [-0.1, -0.05) is 13.0 Å². The molecule has 1 aliphatic carbocycles. The molecule has 1 heterocycles. The van der Waals surface area contributed by atoms with E-state index in [1.54, 1.807) is 11.3 Å². The van der Waals surface area contributed by atoms with Gasteiger partial charge in [-0.05, 0) is 37.4 Å². The van der Waals surface area contributed by atoms with Crippen LogP contribution in [-0.4, -0.2) is 11.5 Å². The van der Waals surface area contributed by atoms with E-state index >= 15 is 0 Å². The molecule has 1 aromatic heterocycles. The van der Waals surface area contributed by atoms with Crippen LogP contribution >= 0.6 is 11.3 Å². The summed E-state index contributed by atoms with van der Waals surface area (Å²) in [5, 5.41) is 4.40. The van der Waals surface area contributed by atoms with Gasteiger partial charge in [0.1, 0.15) is 11.6 Å². The van der Waals surface area contributed by atoms with Gasteiger partial charge in [0.2, 0.25) is 0 Å². The number of hydrogen-bond donors (Lipinski definition) is 1. The maximum Gasteiger partial charge on any atom is 0.129 e. The molecule has 2 aromatic rings. The topological polar surface area (TPSA) is 24.9 Å². The van der Waals surface area contributed by atoms with E-state index in [0.29, 0.717) is 18.0 Å². The van der Waals surface area contributed by atoms with Gasteiger partial charge in [0.15, 0.2) is 0 Å². The predicted molar refractivity (Wildman–Crippen MR) is 80.6 cm³/mol. The highest BCUT2D eigenvalue weighted by Gasteiger charge is 2.24. The van der Waals surface area contributed by atoms with E-state index in [2.05, 4.69) is 17.2 Å². The molecule has 0 fully saturated rings. The molecule has 0 amide bonds. The zero-order chi connectivity index (χ0) is 14.8. The molecule has 1 unspecified atom stereocenters. The van der Waals surface area contributed by atoms with Crippen LogP contribution < -0.4 is 5.32 Å². The largest absolute Gasteiger partial charge is 0.309 e. The van der Waals surface area contributed by atoms with Gasteiger partial charge < -0.3 is 5.32 Å². The summed E-state index contributed by atoms with van der Waals surface area (Å²) in [5.74, 6) is -1.03. The summed E-state index contributed by atoms with van der Waals surface area (Å²) in [5.41, 5.74) is 1.65. The number of thiazole rings is 1. The van der Waals surface area contributed by atoms with Gasteiger partial charge in [0, 0.05) is 23.4 Å². The van der Waals surface area contributed by atoms with Gasteiger partial charge >= 0.3 is 0 Å². The fourth-order valence-electron chi connectivity index (χ4n) is 2.82.